The first-order valence-electron chi connectivity index (χ1n) is 8.52. The molecule has 0 fully saturated rings. The fourth-order valence-electron chi connectivity index (χ4n) is 2.14. The fourth-order valence-corrected chi connectivity index (χ4v) is 2.55. The van der Waals surface area contributed by atoms with Gasteiger partial charge in [0.15, 0.2) is 5.96 Å². The van der Waals surface area contributed by atoms with Gasteiger partial charge < -0.3 is 15.1 Å². The summed E-state index contributed by atoms with van der Waals surface area (Å²) in [6, 6.07) is 8.47. The average Bonchev–Trinajstić information content (AvgIpc) is 3.07. The van der Waals surface area contributed by atoms with Crippen molar-refractivity contribution in [2.75, 3.05) is 12.8 Å². The molecule has 1 aromatic heterocycles. The summed E-state index contributed by atoms with van der Waals surface area (Å²) < 4.78 is 5.81. The molecule has 0 saturated heterocycles. The summed E-state index contributed by atoms with van der Waals surface area (Å²) in [7, 11) is 0. The van der Waals surface area contributed by atoms with Gasteiger partial charge in [-0.1, -0.05) is 32.9 Å². The number of hydrogen-bond acceptors (Lipinski definition) is 4. The second kappa shape index (κ2) is 10.8. The van der Waals surface area contributed by atoms with Crippen molar-refractivity contribution in [1.29, 1.82) is 0 Å². The number of benzene rings is 1. The molecule has 7 heteroatoms. The van der Waals surface area contributed by atoms with Crippen LogP contribution in [0.25, 0.3) is 0 Å². The van der Waals surface area contributed by atoms with E-state index in [-0.39, 0.29) is 29.4 Å². The third kappa shape index (κ3) is 7.19. The molecule has 1 heterocycles. The molecule has 0 spiro atoms. The van der Waals surface area contributed by atoms with Crippen LogP contribution in [-0.2, 0) is 18.5 Å². The van der Waals surface area contributed by atoms with E-state index in [1.165, 1.54) is 10.5 Å². The lowest BCUT2D eigenvalue weighted by molar-refractivity contribution is 0.379. The van der Waals surface area contributed by atoms with Gasteiger partial charge in [-0.15, -0.1) is 35.7 Å². The van der Waals surface area contributed by atoms with Gasteiger partial charge in [0.25, 0.3) is 0 Å². The number of aliphatic imine (C=N–C) groups is 1. The van der Waals surface area contributed by atoms with Crippen LogP contribution in [-0.4, -0.2) is 23.7 Å². The van der Waals surface area contributed by atoms with E-state index in [2.05, 4.69) is 71.9 Å². The minimum absolute atomic E-state index is 0. The van der Waals surface area contributed by atoms with Gasteiger partial charge in [0.1, 0.15) is 5.76 Å². The third-order valence-electron chi connectivity index (χ3n) is 3.62. The summed E-state index contributed by atoms with van der Waals surface area (Å²) in [5, 5.41) is 6.52. The fraction of sp³-hybridized carbons (Fsp3) is 0.474. The highest BCUT2D eigenvalue weighted by molar-refractivity contribution is 14.0. The number of halogens is 1. The van der Waals surface area contributed by atoms with Crippen LogP contribution in [0.4, 0.5) is 0 Å². The Morgan fingerprint density at radius 1 is 1.19 bits per heavy atom. The van der Waals surface area contributed by atoms with E-state index >= 15 is 0 Å². The second-order valence-corrected chi connectivity index (χ2v) is 7.64. The van der Waals surface area contributed by atoms with Crippen LogP contribution in [0.1, 0.15) is 44.9 Å². The van der Waals surface area contributed by atoms with Crippen molar-refractivity contribution >= 4 is 41.7 Å². The van der Waals surface area contributed by atoms with Gasteiger partial charge in [0.2, 0.25) is 5.89 Å². The van der Waals surface area contributed by atoms with E-state index in [1.807, 2.05) is 6.92 Å². The van der Waals surface area contributed by atoms with Crippen LogP contribution >= 0.6 is 35.7 Å². The molecule has 0 aliphatic carbocycles. The maximum absolute atomic E-state index is 5.81. The first-order valence-corrected chi connectivity index (χ1v) is 9.75. The Hall–Kier alpha value is -1.22. The Balaban J connectivity index is 0.00000338. The van der Waals surface area contributed by atoms with Crippen molar-refractivity contribution in [3.63, 3.8) is 0 Å². The zero-order chi connectivity index (χ0) is 18.3. The average molecular weight is 488 g/mol. The summed E-state index contributed by atoms with van der Waals surface area (Å²) >= 11 is 1.74. The van der Waals surface area contributed by atoms with E-state index in [0.29, 0.717) is 19.0 Å². The number of nitrogens with zero attached hydrogens (tertiary/aromatic N) is 2. The molecule has 144 valence electrons. The third-order valence-corrected chi connectivity index (χ3v) is 4.37. The van der Waals surface area contributed by atoms with Gasteiger partial charge in [-0.3, -0.25) is 0 Å². The van der Waals surface area contributed by atoms with E-state index in [4.69, 9.17) is 4.42 Å². The van der Waals surface area contributed by atoms with Gasteiger partial charge in [-0.25, -0.2) is 9.98 Å². The van der Waals surface area contributed by atoms with Crippen molar-refractivity contribution in [3.8, 4) is 0 Å². The van der Waals surface area contributed by atoms with Crippen LogP contribution in [0, 0.1) is 0 Å². The molecular formula is C19H29IN4OS. The summed E-state index contributed by atoms with van der Waals surface area (Å²) in [5.74, 6) is 2.31. The summed E-state index contributed by atoms with van der Waals surface area (Å²) in [4.78, 5) is 10.2. The SMILES string of the molecule is CCNC(=NCc1ccc(SC)cc1)NCc1ncc(C(C)(C)C)o1.I. The molecule has 5 nitrogen and oxygen atoms in total. The highest BCUT2D eigenvalue weighted by Crippen LogP contribution is 2.22. The van der Waals surface area contributed by atoms with Crippen molar-refractivity contribution < 1.29 is 4.42 Å². The normalized spacial score (nSPS) is 11.8. The van der Waals surface area contributed by atoms with Crippen molar-refractivity contribution in [2.24, 2.45) is 4.99 Å². The Labute approximate surface area is 177 Å². The largest absolute Gasteiger partial charge is 0.443 e. The minimum Gasteiger partial charge on any atom is -0.443 e. The molecule has 0 unspecified atom stereocenters. The predicted octanol–water partition coefficient (Wildman–Crippen LogP) is 4.57. The first kappa shape index (κ1) is 22.8. The van der Waals surface area contributed by atoms with Gasteiger partial charge in [0.05, 0.1) is 19.3 Å². The predicted molar refractivity (Wildman–Crippen MR) is 120 cm³/mol. The molecule has 2 rings (SSSR count). The van der Waals surface area contributed by atoms with Crippen molar-refractivity contribution in [3.05, 3.63) is 47.7 Å². The monoisotopic (exact) mass is 488 g/mol. The smallest absolute Gasteiger partial charge is 0.213 e. The molecule has 2 N–H and O–H groups in total. The Kier molecular flexibility index (Phi) is 9.49. The minimum atomic E-state index is -0.0349. The lowest BCUT2D eigenvalue weighted by atomic mass is 9.94. The molecule has 0 atom stereocenters. The van der Waals surface area contributed by atoms with E-state index in [1.54, 1.807) is 18.0 Å². The number of rotatable bonds is 6. The topological polar surface area (TPSA) is 62.5 Å². The number of hydrogen-bond donors (Lipinski definition) is 2. The summed E-state index contributed by atoms with van der Waals surface area (Å²) in [5.41, 5.74) is 1.15. The van der Waals surface area contributed by atoms with Gasteiger partial charge in [-0.2, -0.15) is 0 Å². The van der Waals surface area contributed by atoms with Gasteiger partial charge in [-0.05, 0) is 30.9 Å². The Morgan fingerprint density at radius 3 is 2.42 bits per heavy atom. The lowest BCUT2D eigenvalue weighted by Crippen LogP contribution is -2.36. The van der Waals surface area contributed by atoms with Gasteiger partial charge in [0, 0.05) is 16.9 Å². The molecule has 0 bridgehead atoms. The number of guanidine groups is 1. The quantitative estimate of drug-likeness (QED) is 0.270. The van der Waals surface area contributed by atoms with Crippen molar-refractivity contribution in [2.45, 2.75) is 51.1 Å². The standard InChI is InChI=1S/C19H28N4OS.HI/c1-6-20-18(22-11-14-7-9-15(25-5)10-8-14)23-13-17-21-12-16(24-17)19(2,3)4;/h7-10,12H,6,11,13H2,1-5H3,(H2,20,22,23);1H. The first-order chi connectivity index (χ1) is 11.9. The zero-order valence-corrected chi connectivity index (χ0v) is 19.3. The zero-order valence-electron chi connectivity index (χ0n) is 16.1. The van der Waals surface area contributed by atoms with Crippen LogP contribution in [0.2, 0.25) is 0 Å². The highest BCUT2D eigenvalue weighted by atomic mass is 127. The lowest BCUT2D eigenvalue weighted by Gasteiger charge is -2.13. The maximum Gasteiger partial charge on any atom is 0.213 e. The van der Waals surface area contributed by atoms with Crippen molar-refractivity contribution in [1.82, 2.24) is 15.6 Å². The second-order valence-electron chi connectivity index (χ2n) is 6.77. The highest BCUT2D eigenvalue weighted by Gasteiger charge is 2.19. The molecule has 2 aromatic rings. The molecule has 0 radical (unpaired) electrons. The molecule has 0 aliphatic heterocycles. The number of nitrogens with one attached hydrogen (secondary N) is 2. The molecule has 0 amide bonds. The molecule has 0 saturated carbocycles. The number of aromatic nitrogens is 1. The molecule has 1 aromatic carbocycles. The van der Waals surface area contributed by atoms with E-state index in [0.717, 1.165) is 18.3 Å². The van der Waals surface area contributed by atoms with E-state index in [9.17, 15) is 0 Å². The van der Waals surface area contributed by atoms with E-state index < -0.39 is 0 Å². The van der Waals surface area contributed by atoms with Crippen LogP contribution in [0.15, 0.2) is 44.8 Å². The molecular weight excluding hydrogens is 459 g/mol. The number of oxazole rings is 1. The molecule has 0 aliphatic rings. The number of thioether (sulfide) groups is 1. The summed E-state index contributed by atoms with van der Waals surface area (Å²) in [6.07, 6.45) is 3.88. The summed E-state index contributed by atoms with van der Waals surface area (Å²) in [6.45, 7) is 10.3. The Morgan fingerprint density at radius 2 is 1.88 bits per heavy atom. The van der Waals surface area contributed by atoms with Crippen LogP contribution in [0.5, 0.6) is 0 Å². The molecule has 26 heavy (non-hydrogen) atoms. The Bertz CT molecular complexity index is 692. The van der Waals surface area contributed by atoms with Crippen LogP contribution in [0.3, 0.4) is 0 Å². The van der Waals surface area contributed by atoms with Crippen LogP contribution < -0.4 is 10.6 Å². The van der Waals surface area contributed by atoms with Gasteiger partial charge >= 0.3 is 0 Å². The maximum atomic E-state index is 5.81.